The van der Waals surface area contributed by atoms with E-state index in [1.807, 2.05) is 48.5 Å². The maximum atomic E-state index is 13.0. The van der Waals surface area contributed by atoms with Gasteiger partial charge in [0.25, 0.3) is 0 Å². The van der Waals surface area contributed by atoms with Crippen LogP contribution in [0.4, 0.5) is 0 Å². The first-order valence-corrected chi connectivity index (χ1v) is 7.40. The molecule has 0 amide bonds. The highest BCUT2D eigenvalue weighted by Gasteiger charge is 2.54. The Bertz CT molecular complexity index is 784. The third-order valence-corrected chi connectivity index (χ3v) is 4.70. The summed E-state index contributed by atoms with van der Waals surface area (Å²) in [5, 5.41) is 8.64. The van der Waals surface area contributed by atoms with Gasteiger partial charge in [0.15, 0.2) is 11.3 Å². The summed E-state index contributed by atoms with van der Waals surface area (Å²) in [7, 11) is 1.65. The van der Waals surface area contributed by atoms with E-state index in [0.717, 1.165) is 22.4 Å². The molecule has 22 heavy (non-hydrogen) atoms. The molecule has 2 aromatic rings. The van der Waals surface area contributed by atoms with E-state index >= 15 is 0 Å². The first-order chi connectivity index (χ1) is 10.7. The minimum absolute atomic E-state index is 0.0255. The first kappa shape index (κ1) is 13.2. The second kappa shape index (κ2) is 4.77. The van der Waals surface area contributed by atoms with Crippen molar-refractivity contribution in [3.63, 3.8) is 0 Å². The lowest BCUT2D eigenvalue weighted by atomic mass is 9.78. The van der Waals surface area contributed by atoms with E-state index in [-0.39, 0.29) is 11.7 Å². The van der Waals surface area contributed by atoms with Gasteiger partial charge in [-0.15, -0.1) is 0 Å². The monoisotopic (exact) mass is 292 g/mol. The van der Waals surface area contributed by atoms with Crippen molar-refractivity contribution >= 4 is 5.78 Å². The number of fused-ring (bicyclic) bond motifs is 1. The van der Waals surface area contributed by atoms with Crippen molar-refractivity contribution in [2.45, 2.75) is 17.9 Å². The van der Waals surface area contributed by atoms with Crippen molar-refractivity contribution in [1.29, 1.82) is 0 Å². The molecule has 1 heterocycles. The average molecular weight is 292 g/mol. The molecule has 110 valence electrons. The number of methoxy groups -OCH3 is 1. The van der Waals surface area contributed by atoms with E-state index in [0.29, 0.717) is 13.0 Å². The van der Waals surface area contributed by atoms with Crippen LogP contribution < -0.4 is 4.74 Å². The van der Waals surface area contributed by atoms with Gasteiger partial charge in [-0.3, -0.25) is 4.79 Å². The number of ketones is 1. The normalized spacial score (nSPS) is 25.7. The van der Waals surface area contributed by atoms with Crippen molar-refractivity contribution in [1.82, 2.24) is 0 Å². The molecular weight excluding hydrogens is 276 g/mol. The van der Waals surface area contributed by atoms with Crippen LogP contribution in [-0.2, 0) is 6.42 Å². The fourth-order valence-corrected chi connectivity index (χ4v) is 3.57. The topological polar surface area (TPSA) is 51.0 Å². The third-order valence-electron chi connectivity index (χ3n) is 4.70. The number of rotatable bonds is 2. The molecular formula is C18H16N2O2. The van der Waals surface area contributed by atoms with Crippen molar-refractivity contribution in [3.05, 3.63) is 65.2 Å². The van der Waals surface area contributed by atoms with Gasteiger partial charge in [0, 0.05) is 17.9 Å². The SMILES string of the molecule is COc1cccc([C@@H]2CN=N[C@@]23Cc2ccccc2C3=O)c1. The van der Waals surface area contributed by atoms with Gasteiger partial charge in [-0.1, -0.05) is 36.4 Å². The van der Waals surface area contributed by atoms with Gasteiger partial charge in [0.2, 0.25) is 0 Å². The molecule has 0 aromatic heterocycles. The Morgan fingerprint density at radius 2 is 2.05 bits per heavy atom. The molecule has 0 radical (unpaired) electrons. The zero-order valence-electron chi connectivity index (χ0n) is 12.3. The molecule has 1 aliphatic carbocycles. The zero-order valence-corrected chi connectivity index (χ0v) is 12.3. The Labute approximate surface area is 128 Å². The van der Waals surface area contributed by atoms with Crippen molar-refractivity contribution in [2.75, 3.05) is 13.7 Å². The number of azo groups is 1. The number of carbonyl (C=O) groups excluding carboxylic acids is 1. The second-order valence-corrected chi connectivity index (χ2v) is 5.84. The summed E-state index contributed by atoms with van der Waals surface area (Å²) in [5.41, 5.74) is 2.15. The van der Waals surface area contributed by atoms with Gasteiger partial charge < -0.3 is 4.74 Å². The van der Waals surface area contributed by atoms with Crippen LogP contribution >= 0.6 is 0 Å². The van der Waals surface area contributed by atoms with E-state index in [9.17, 15) is 4.79 Å². The molecule has 0 bridgehead atoms. The van der Waals surface area contributed by atoms with E-state index in [2.05, 4.69) is 10.2 Å². The molecule has 0 saturated heterocycles. The van der Waals surface area contributed by atoms with Crippen LogP contribution in [0.25, 0.3) is 0 Å². The molecule has 4 rings (SSSR count). The van der Waals surface area contributed by atoms with Gasteiger partial charge in [-0.2, -0.15) is 10.2 Å². The van der Waals surface area contributed by atoms with Gasteiger partial charge in [-0.25, -0.2) is 0 Å². The number of benzene rings is 2. The number of hydrogen-bond donors (Lipinski definition) is 0. The lowest BCUT2D eigenvalue weighted by Gasteiger charge is -2.25. The lowest BCUT2D eigenvalue weighted by Crippen LogP contribution is -2.38. The van der Waals surface area contributed by atoms with Crippen LogP contribution in [-0.4, -0.2) is 25.0 Å². The van der Waals surface area contributed by atoms with Crippen molar-refractivity contribution < 1.29 is 9.53 Å². The number of carbonyl (C=O) groups is 1. The molecule has 0 unspecified atom stereocenters. The summed E-state index contributed by atoms with van der Waals surface area (Å²) in [5.74, 6) is 0.863. The standard InChI is InChI=1S/C18H16N2O2/c1-22-14-7-4-6-12(9-14)16-11-19-20-18(16)10-13-5-2-3-8-15(13)17(18)21/h2-9,16H,10-11H2,1H3/t16-,18-/m0/s1. The molecule has 2 atom stereocenters. The molecule has 2 aliphatic rings. The summed E-state index contributed by atoms with van der Waals surface area (Å²) >= 11 is 0. The quantitative estimate of drug-likeness (QED) is 0.851. The number of Topliss-reactive ketones (excluding diaryl/α,β-unsaturated/α-hetero) is 1. The van der Waals surface area contributed by atoms with Crippen LogP contribution in [0.3, 0.4) is 0 Å². The largest absolute Gasteiger partial charge is 0.497 e. The summed E-state index contributed by atoms with van der Waals surface area (Å²) in [4.78, 5) is 13.0. The van der Waals surface area contributed by atoms with Crippen LogP contribution in [0.5, 0.6) is 5.75 Å². The smallest absolute Gasteiger partial charge is 0.193 e. The predicted octanol–water partition coefficient (Wildman–Crippen LogP) is 3.42. The Kier molecular flexibility index (Phi) is 2.86. The maximum absolute atomic E-state index is 13.0. The Morgan fingerprint density at radius 3 is 2.86 bits per heavy atom. The lowest BCUT2D eigenvalue weighted by molar-refractivity contribution is 0.0897. The highest BCUT2D eigenvalue weighted by molar-refractivity contribution is 6.08. The van der Waals surface area contributed by atoms with E-state index < -0.39 is 5.54 Å². The zero-order chi connectivity index (χ0) is 15.2. The minimum atomic E-state index is -0.768. The predicted molar refractivity (Wildman–Crippen MR) is 82.7 cm³/mol. The number of hydrogen-bond acceptors (Lipinski definition) is 4. The van der Waals surface area contributed by atoms with Gasteiger partial charge in [0.1, 0.15) is 5.75 Å². The summed E-state index contributed by atoms with van der Waals surface area (Å²) < 4.78 is 5.31. The molecule has 2 aromatic carbocycles. The maximum Gasteiger partial charge on any atom is 0.193 e. The average Bonchev–Trinajstić information content (AvgIpc) is 3.11. The van der Waals surface area contributed by atoms with E-state index in [4.69, 9.17) is 4.74 Å². The molecule has 1 spiro atoms. The summed E-state index contributed by atoms with van der Waals surface area (Å²) in [6, 6.07) is 15.7. The van der Waals surface area contributed by atoms with Gasteiger partial charge >= 0.3 is 0 Å². The van der Waals surface area contributed by atoms with Crippen LogP contribution in [0.15, 0.2) is 58.8 Å². The summed E-state index contributed by atoms with van der Waals surface area (Å²) in [6.45, 7) is 0.549. The number of nitrogens with zero attached hydrogens (tertiary/aromatic N) is 2. The van der Waals surface area contributed by atoms with Crippen LogP contribution in [0.1, 0.15) is 27.4 Å². The molecule has 4 nitrogen and oxygen atoms in total. The second-order valence-electron chi connectivity index (χ2n) is 5.84. The molecule has 0 N–H and O–H groups in total. The Morgan fingerprint density at radius 1 is 1.18 bits per heavy atom. The van der Waals surface area contributed by atoms with Crippen molar-refractivity contribution in [2.24, 2.45) is 10.2 Å². The third kappa shape index (κ3) is 1.73. The highest BCUT2D eigenvalue weighted by Crippen LogP contribution is 2.46. The van der Waals surface area contributed by atoms with Gasteiger partial charge in [-0.05, 0) is 23.3 Å². The molecule has 1 aliphatic heterocycles. The Hall–Kier alpha value is -2.49. The van der Waals surface area contributed by atoms with Gasteiger partial charge in [0.05, 0.1) is 13.7 Å². The first-order valence-electron chi connectivity index (χ1n) is 7.40. The number of ether oxygens (including phenoxy) is 1. The fraction of sp³-hybridized carbons (Fsp3) is 0.278. The fourth-order valence-electron chi connectivity index (χ4n) is 3.57. The Balaban J connectivity index is 1.79. The molecule has 4 heteroatoms. The van der Waals surface area contributed by atoms with Crippen molar-refractivity contribution in [3.8, 4) is 5.75 Å². The summed E-state index contributed by atoms with van der Waals surface area (Å²) in [6.07, 6.45) is 0.632. The van der Waals surface area contributed by atoms with Crippen LogP contribution in [0, 0.1) is 0 Å². The van der Waals surface area contributed by atoms with E-state index in [1.165, 1.54) is 0 Å². The highest BCUT2D eigenvalue weighted by atomic mass is 16.5. The minimum Gasteiger partial charge on any atom is -0.497 e. The van der Waals surface area contributed by atoms with Crippen LogP contribution in [0.2, 0.25) is 0 Å². The molecule has 0 fully saturated rings. The molecule has 0 saturated carbocycles. The van der Waals surface area contributed by atoms with E-state index in [1.54, 1.807) is 7.11 Å².